The van der Waals surface area contributed by atoms with Gasteiger partial charge in [0.05, 0.1) is 5.69 Å². The van der Waals surface area contributed by atoms with Gasteiger partial charge >= 0.3 is 0 Å². The Labute approximate surface area is 159 Å². The van der Waals surface area contributed by atoms with Crippen LogP contribution in [-0.2, 0) is 17.6 Å². The van der Waals surface area contributed by atoms with Crippen molar-refractivity contribution in [3.05, 3.63) is 89.0 Å². The van der Waals surface area contributed by atoms with Crippen molar-refractivity contribution < 1.29 is 9.53 Å². The molecular weight excluding hydrogens is 334 g/mol. The van der Waals surface area contributed by atoms with Crippen molar-refractivity contribution in [2.45, 2.75) is 19.3 Å². The predicted octanol–water partition coefficient (Wildman–Crippen LogP) is 4.70. The zero-order chi connectivity index (χ0) is 18.2. The molecule has 3 aliphatic rings. The maximum atomic E-state index is 11.7. The van der Waals surface area contributed by atoms with Crippen LogP contribution < -0.4 is 10.1 Å². The molecule has 2 aliphatic carbocycles. The fraction of sp³-hybridized carbons (Fsp3) is 0.208. The molecule has 5 rings (SSSR count). The summed E-state index contributed by atoms with van der Waals surface area (Å²) in [5.74, 6) is 1.12. The summed E-state index contributed by atoms with van der Waals surface area (Å²) in [6.45, 7) is 0.0911. The number of anilines is 1. The molecule has 0 radical (unpaired) electrons. The Morgan fingerprint density at radius 3 is 3.00 bits per heavy atom. The molecular formula is C24H21NO2. The summed E-state index contributed by atoms with van der Waals surface area (Å²) in [6, 6.07) is 14.9. The first-order valence-electron chi connectivity index (χ1n) is 9.50. The number of allylic oxidation sites excluding steroid dienone is 6. The van der Waals surface area contributed by atoms with E-state index in [9.17, 15) is 4.79 Å². The molecule has 0 fully saturated rings. The highest BCUT2D eigenvalue weighted by atomic mass is 16.5. The molecule has 3 heteroatoms. The van der Waals surface area contributed by atoms with Crippen molar-refractivity contribution >= 4 is 17.2 Å². The van der Waals surface area contributed by atoms with Crippen molar-refractivity contribution in [1.29, 1.82) is 0 Å². The second-order valence-corrected chi connectivity index (χ2v) is 7.32. The molecule has 0 spiro atoms. The minimum Gasteiger partial charge on any atom is -0.482 e. The molecule has 1 heterocycles. The molecule has 0 saturated heterocycles. The molecule has 0 aromatic heterocycles. The first kappa shape index (κ1) is 16.1. The predicted molar refractivity (Wildman–Crippen MR) is 108 cm³/mol. The van der Waals surface area contributed by atoms with E-state index in [4.69, 9.17) is 4.74 Å². The third-order valence-corrected chi connectivity index (χ3v) is 5.60. The number of rotatable bonds is 2. The van der Waals surface area contributed by atoms with E-state index in [0.717, 1.165) is 30.7 Å². The molecule has 134 valence electrons. The summed E-state index contributed by atoms with van der Waals surface area (Å²) in [4.78, 5) is 11.7. The number of amides is 1. The van der Waals surface area contributed by atoms with Gasteiger partial charge in [-0.1, -0.05) is 54.6 Å². The number of hydrogen-bond acceptors (Lipinski definition) is 2. The van der Waals surface area contributed by atoms with E-state index in [1.165, 1.54) is 27.8 Å². The van der Waals surface area contributed by atoms with Gasteiger partial charge in [0, 0.05) is 5.92 Å². The lowest BCUT2D eigenvalue weighted by Crippen LogP contribution is -2.25. The normalized spacial score (nSPS) is 20.1. The summed E-state index contributed by atoms with van der Waals surface area (Å²) in [7, 11) is 0. The molecule has 3 nitrogen and oxygen atoms in total. The van der Waals surface area contributed by atoms with Crippen molar-refractivity contribution in [3.63, 3.8) is 0 Å². The monoisotopic (exact) mass is 355 g/mol. The summed E-state index contributed by atoms with van der Waals surface area (Å²) < 4.78 is 5.50. The molecule has 1 unspecified atom stereocenters. The number of nitrogens with one attached hydrogen (secondary N) is 1. The van der Waals surface area contributed by atoms with Crippen molar-refractivity contribution in [3.8, 4) is 5.75 Å². The van der Waals surface area contributed by atoms with Gasteiger partial charge in [0.25, 0.3) is 5.91 Å². The second kappa shape index (κ2) is 6.58. The van der Waals surface area contributed by atoms with Gasteiger partial charge in [0.15, 0.2) is 6.61 Å². The average molecular weight is 355 g/mol. The number of aryl methyl sites for hydroxylation is 1. The quantitative estimate of drug-likeness (QED) is 0.848. The SMILES string of the molecule is O=C1COc2ccc(CC3=C4C=CC=CC4CCc4ccccc43)cc2N1. The van der Waals surface area contributed by atoms with E-state index < -0.39 is 0 Å². The summed E-state index contributed by atoms with van der Waals surface area (Å²) >= 11 is 0. The van der Waals surface area contributed by atoms with E-state index in [1.807, 2.05) is 12.1 Å². The third kappa shape index (κ3) is 2.99. The number of fused-ring (bicyclic) bond motifs is 3. The molecule has 1 N–H and O–H groups in total. The Hall–Kier alpha value is -3.07. The smallest absolute Gasteiger partial charge is 0.262 e. The Morgan fingerprint density at radius 1 is 1.11 bits per heavy atom. The molecule has 27 heavy (non-hydrogen) atoms. The second-order valence-electron chi connectivity index (χ2n) is 7.32. The van der Waals surface area contributed by atoms with Gasteiger partial charge in [0.1, 0.15) is 5.75 Å². The standard InChI is InChI=1S/C24H21NO2/c26-24-15-27-23-12-9-16(14-22(23)25-24)13-21-19-7-3-1-5-17(19)10-11-18-6-2-4-8-20(18)21/h1-9,12,14,17H,10-11,13,15H2,(H,25,26). The van der Waals surface area contributed by atoms with Crippen LogP contribution in [0.2, 0.25) is 0 Å². The lowest BCUT2D eigenvalue weighted by Gasteiger charge is -2.21. The van der Waals surface area contributed by atoms with Gasteiger partial charge in [-0.15, -0.1) is 0 Å². The molecule has 0 bridgehead atoms. The van der Waals surface area contributed by atoms with Crippen LogP contribution in [0.25, 0.3) is 5.57 Å². The minimum atomic E-state index is -0.0955. The first-order chi connectivity index (χ1) is 13.3. The van der Waals surface area contributed by atoms with Gasteiger partial charge in [-0.3, -0.25) is 4.79 Å². The molecule has 1 aliphatic heterocycles. The summed E-state index contributed by atoms with van der Waals surface area (Å²) in [5.41, 5.74) is 7.53. The topological polar surface area (TPSA) is 38.3 Å². The summed E-state index contributed by atoms with van der Waals surface area (Å²) in [5, 5.41) is 2.92. The molecule has 2 aromatic carbocycles. The van der Waals surface area contributed by atoms with E-state index in [1.54, 1.807) is 0 Å². The fourth-order valence-corrected chi connectivity index (χ4v) is 4.30. The van der Waals surface area contributed by atoms with Crippen LogP contribution in [-0.4, -0.2) is 12.5 Å². The molecule has 1 atom stereocenters. The van der Waals surface area contributed by atoms with E-state index in [-0.39, 0.29) is 12.5 Å². The first-order valence-corrected chi connectivity index (χ1v) is 9.50. The van der Waals surface area contributed by atoms with Gasteiger partial charge in [-0.25, -0.2) is 0 Å². The maximum Gasteiger partial charge on any atom is 0.262 e. The van der Waals surface area contributed by atoms with E-state index in [0.29, 0.717) is 5.92 Å². The van der Waals surface area contributed by atoms with Crippen LogP contribution in [0.1, 0.15) is 23.1 Å². The highest BCUT2D eigenvalue weighted by Crippen LogP contribution is 2.39. The fourth-order valence-electron chi connectivity index (χ4n) is 4.30. The number of carbonyl (C=O) groups is 1. The van der Waals surface area contributed by atoms with Crippen molar-refractivity contribution in [2.75, 3.05) is 11.9 Å². The van der Waals surface area contributed by atoms with Gasteiger partial charge in [-0.2, -0.15) is 0 Å². The van der Waals surface area contributed by atoms with Crippen molar-refractivity contribution in [2.24, 2.45) is 5.92 Å². The van der Waals surface area contributed by atoms with Crippen LogP contribution in [0.5, 0.6) is 5.75 Å². The number of ether oxygens (including phenoxy) is 1. The number of hydrogen-bond donors (Lipinski definition) is 1. The Balaban J connectivity index is 1.59. The lowest BCUT2D eigenvalue weighted by molar-refractivity contribution is -0.118. The van der Waals surface area contributed by atoms with Crippen molar-refractivity contribution in [1.82, 2.24) is 0 Å². The largest absolute Gasteiger partial charge is 0.482 e. The maximum absolute atomic E-state index is 11.7. The van der Waals surface area contributed by atoms with Crippen LogP contribution in [0.15, 0.2) is 72.3 Å². The highest BCUT2D eigenvalue weighted by Gasteiger charge is 2.23. The Morgan fingerprint density at radius 2 is 2.04 bits per heavy atom. The Bertz CT molecular complexity index is 1010. The van der Waals surface area contributed by atoms with Gasteiger partial charge in [0.2, 0.25) is 0 Å². The zero-order valence-electron chi connectivity index (χ0n) is 15.1. The van der Waals surface area contributed by atoms with Gasteiger partial charge < -0.3 is 10.1 Å². The van der Waals surface area contributed by atoms with Crippen LogP contribution in [0.4, 0.5) is 5.69 Å². The Kier molecular flexibility index (Phi) is 3.93. The lowest BCUT2D eigenvalue weighted by atomic mass is 9.85. The number of carbonyl (C=O) groups excluding carboxylic acids is 1. The summed E-state index contributed by atoms with van der Waals surface area (Å²) in [6.07, 6.45) is 12.0. The van der Waals surface area contributed by atoms with Crippen LogP contribution in [0.3, 0.4) is 0 Å². The molecule has 0 saturated carbocycles. The third-order valence-electron chi connectivity index (χ3n) is 5.60. The molecule has 1 amide bonds. The zero-order valence-corrected chi connectivity index (χ0v) is 15.1. The average Bonchev–Trinajstić information content (AvgIpc) is 2.85. The minimum absolute atomic E-state index is 0.0911. The van der Waals surface area contributed by atoms with Crippen LogP contribution >= 0.6 is 0 Å². The number of benzene rings is 2. The van der Waals surface area contributed by atoms with Crippen LogP contribution in [0, 0.1) is 5.92 Å². The van der Waals surface area contributed by atoms with E-state index >= 15 is 0 Å². The van der Waals surface area contributed by atoms with Gasteiger partial charge in [-0.05, 0) is 59.2 Å². The molecule has 2 aromatic rings. The van der Waals surface area contributed by atoms with E-state index in [2.05, 4.69) is 60.0 Å². The highest BCUT2D eigenvalue weighted by molar-refractivity contribution is 5.95.